The largest absolute Gasteiger partial charge is 0.497 e. The van der Waals surface area contributed by atoms with Crippen molar-refractivity contribution in [1.82, 2.24) is 5.32 Å². The van der Waals surface area contributed by atoms with Crippen molar-refractivity contribution in [1.29, 1.82) is 5.26 Å². The summed E-state index contributed by atoms with van der Waals surface area (Å²) in [7, 11) is 3.15. The lowest BCUT2D eigenvalue weighted by Gasteiger charge is -2.27. The van der Waals surface area contributed by atoms with Crippen LogP contribution in [0.3, 0.4) is 0 Å². The highest BCUT2D eigenvalue weighted by atomic mass is 32.2. The number of hydrogen-bond donors (Lipinski definition) is 1. The number of aliphatic imine (C=N–C) groups is 1. The number of amidine groups is 1. The second-order valence-electron chi connectivity index (χ2n) is 6.89. The van der Waals surface area contributed by atoms with Gasteiger partial charge in [-0.15, -0.1) is 0 Å². The molecule has 1 aliphatic heterocycles. The molecule has 3 rings (SSSR count). The fourth-order valence-electron chi connectivity index (χ4n) is 3.36. The molecule has 1 aliphatic rings. The standard InChI is InChI=1S/C24H25N3O4S/c1-5-31-23(28)21-15(2)26-24(32-14-17-9-7-6-8-16(17)13-25)27-22(21)19-11-10-18(29-3)12-20(19)30-4/h6-12,22H,5,14H2,1-4H3,(H,26,27)/t22-/m1/s1. The maximum absolute atomic E-state index is 12.8. The summed E-state index contributed by atoms with van der Waals surface area (Å²) in [5, 5.41) is 13.2. The number of rotatable bonds is 7. The van der Waals surface area contributed by atoms with Gasteiger partial charge < -0.3 is 19.5 Å². The van der Waals surface area contributed by atoms with Gasteiger partial charge in [0.25, 0.3) is 0 Å². The zero-order valence-corrected chi connectivity index (χ0v) is 19.3. The molecule has 0 unspecified atom stereocenters. The second kappa shape index (κ2) is 10.7. The van der Waals surface area contributed by atoms with Crippen molar-refractivity contribution in [3.63, 3.8) is 0 Å². The summed E-state index contributed by atoms with van der Waals surface area (Å²) < 4.78 is 16.2. The number of nitrogens with zero attached hydrogens (tertiary/aromatic N) is 2. The second-order valence-corrected chi connectivity index (χ2v) is 7.85. The summed E-state index contributed by atoms with van der Waals surface area (Å²) in [6, 6.07) is 14.5. The molecule has 2 aromatic rings. The van der Waals surface area contributed by atoms with E-state index in [9.17, 15) is 10.1 Å². The van der Waals surface area contributed by atoms with E-state index in [1.807, 2.05) is 37.3 Å². The summed E-state index contributed by atoms with van der Waals surface area (Å²) in [5.74, 6) is 1.34. The van der Waals surface area contributed by atoms with Crippen LogP contribution in [0.1, 0.15) is 36.6 Å². The Balaban J connectivity index is 1.98. The van der Waals surface area contributed by atoms with E-state index in [1.54, 1.807) is 33.3 Å². The van der Waals surface area contributed by atoms with Gasteiger partial charge in [-0.2, -0.15) is 5.26 Å². The van der Waals surface area contributed by atoms with Gasteiger partial charge >= 0.3 is 5.97 Å². The Bertz CT molecular complexity index is 1100. The van der Waals surface area contributed by atoms with Gasteiger partial charge in [-0.05, 0) is 37.6 Å². The Morgan fingerprint density at radius 2 is 2.00 bits per heavy atom. The first kappa shape index (κ1) is 23.2. The molecule has 0 saturated heterocycles. The lowest BCUT2D eigenvalue weighted by molar-refractivity contribution is -0.138. The van der Waals surface area contributed by atoms with Gasteiger partial charge in [0.1, 0.15) is 17.5 Å². The van der Waals surface area contributed by atoms with E-state index in [2.05, 4.69) is 11.4 Å². The van der Waals surface area contributed by atoms with Gasteiger partial charge in [-0.25, -0.2) is 9.79 Å². The molecule has 32 heavy (non-hydrogen) atoms. The Labute approximate surface area is 192 Å². The first-order valence-corrected chi connectivity index (χ1v) is 11.1. The monoisotopic (exact) mass is 451 g/mol. The van der Waals surface area contributed by atoms with Gasteiger partial charge in [0.15, 0.2) is 5.17 Å². The van der Waals surface area contributed by atoms with Crippen molar-refractivity contribution in [3.05, 3.63) is 70.4 Å². The number of carbonyl (C=O) groups is 1. The summed E-state index contributed by atoms with van der Waals surface area (Å²) in [6.45, 7) is 3.86. The van der Waals surface area contributed by atoms with Gasteiger partial charge in [-0.1, -0.05) is 30.0 Å². The van der Waals surface area contributed by atoms with Crippen LogP contribution in [0.15, 0.2) is 58.7 Å². The molecule has 2 aromatic carbocycles. The van der Waals surface area contributed by atoms with E-state index in [1.165, 1.54) is 11.8 Å². The lowest BCUT2D eigenvalue weighted by atomic mass is 9.95. The number of nitriles is 1. The molecule has 0 fully saturated rings. The minimum atomic E-state index is -0.607. The molecule has 0 bridgehead atoms. The van der Waals surface area contributed by atoms with Gasteiger partial charge in [-0.3, -0.25) is 0 Å². The number of allylic oxidation sites excluding steroid dienone is 1. The Morgan fingerprint density at radius 1 is 1.22 bits per heavy atom. The van der Waals surface area contributed by atoms with Crippen LogP contribution in [0.25, 0.3) is 0 Å². The Hall–Kier alpha value is -3.44. The third-order valence-corrected chi connectivity index (χ3v) is 5.89. The van der Waals surface area contributed by atoms with Crippen molar-refractivity contribution in [3.8, 4) is 17.6 Å². The zero-order valence-electron chi connectivity index (χ0n) is 18.5. The SMILES string of the molecule is CCOC(=O)C1=C(C)NC(SCc2ccccc2C#N)=N[C@@H]1c1ccc(OC)cc1OC. The van der Waals surface area contributed by atoms with E-state index in [0.29, 0.717) is 39.3 Å². The third kappa shape index (κ3) is 5.06. The van der Waals surface area contributed by atoms with Crippen molar-refractivity contribution < 1.29 is 19.0 Å². The maximum atomic E-state index is 12.8. The van der Waals surface area contributed by atoms with Crippen LogP contribution in [0.2, 0.25) is 0 Å². The molecule has 0 saturated carbocycles. The fourth-order valence-corrected chi connectivity index (χ4v) is 4.31. The predicted octanol–water partition coefficient (Wildman–Crippen LogP) is 4.35. The molecule has 0 aliphatic carbocycles. The number of carbonyl (C=O) groups excluding carboxylic acids is 1. The quantitative estimate of drug-likeness (QED) is 0.626. The molecule has 0 amide bonds. The number of benzene rings is 2. The third-order valence-electron chi connectivity index (χ3n) is 4.95. The molecule has 0 spiro atoms. The highest BCUT2D eigenvalue weighted by Crippen LogP contribution is 2.39. The summed E-state index contributed by atoms with van der Waals surface area (Å²) in [6.07, 6.45) is 0. The summed E-state index contributed by atoms with van der Waals surface area (Å²) in [4.78, 5) is 17.6. The normalized spacial score (nSPS) is 15.3. The fraction of sp³-hybridized carbons (Fsp3) is 0.292. The van der Waals surface area contributed by atoms with E-state index in [-0.39, 0.29) is 6.61 Å². The number of esters is 1. The number of thioether (sulfide) groups is 1. The van der Waals surface area contributed by atoms with Crippen LogP contribution in [0.5, 0.6) is 11.5 Å². The average Bonchev–Trinajstić information content (AvgIpc) is 2.82. The molecule has 1 heterocycles. The highest BCUT2D eigenvalue weighted by Gasteiger charge is 2.32. The van der Waals surface area contributed by atoms with Crippen molar-refractivity contribution in [2.24, 2.45) is 4.99 Å². The number of hydrogen-bond acceptors (Lipinski definition) is 8. The Morgan fingerprint density at radius 3 is 2.69 bits per heavy atom. The molecule has 0 radical (unpaired) electrons. The first-order chi connectivity index (χ1) is 15.5. The van der Waals surface area contributed by atoms with Crippen LogP contribution >= 0.6 is 11.8 Å². The van der Waals surface area contributed by atoms with Gasteiger partial charge in [0.05, 0.1) is 38.0 Å². The Kier molecular flexibility index (Phi) is 7.79. The maximum Gasteiger partial charge on any atom is 0.338 e. The topological polar surface area (TPSA) is 92.9 Å². The number of methoxy groups -OCH3 is 2. The molecule has 8 heteroatoms. The number of nitrogens with one attached hydrogen (secondary N) is 1. The molecule has 1 N–H and O–H groups in total. The average molecular weight is 452 g/mol. The smallest absolute Gasteiger partial charge is 0.338 e. The van der Waals surface area contributed by atoms with E-state index in [0.717, 1.165) is 11.1 Å². The lowest BCUT2D eigenvalue weighted by Crippen LogP contribution is -2.30. The van der Waals surface area contributed by atoms with E-state index >= 15 is 0 Å². The van der Waals surface area contributed by atoms with Gasteiger partial charge in [0.2, 0.25) is 0 Å². The summed E-state index contributed by atoms with van der Waals surface area (Å²) >= 11 is 1.47. The summed E-state index contributed by atoms with van der Waals surface area (Å²) in [5.41, 5.74) is 3.37. The molecule has 0 aromatic heterocycles. The minimum Gasteiger partial charge on any atom is -0.497 e. The van der Waals surface area contributed by atoms with Gasteiger partial charge in [0, 0.05) is 23.1 Å². The van der Waals surface area contributed by atoms with Crippen LogP contribution in [-0.4, -0.2) is 32.0 Å². The van der Waals surface area contributed by atoms with Crippen LogP contribution in [0, 0.1) is 11.3 Å². The molecule has 7 nitrogen and oxygen atoms in total. The molecular weight excluding hydrogens is 426 g/mol. The minimum absolute atomic E-state index is 0.262. The molecular formula is C24H25N3O4S. The zero-order chi connectivity index (χ0) is 23.1. The number of ether oxygens (including phenoxy) is 3. The first-order valence-electron chi connectivity index (χ1n) is 10.1. The van der Waals surface area contributed by atoms with Crippen LogP contribution in [0.4, 0.5) is 0 Å². The van der Waals surface area contributed by atoms with Crippen LogP contribution < -0.4 is 14.8 Å². The molecule has 166 valence electrons. The van der Waals surface area contributed by atoms with Crippen molar-refractivity contribution in [2.45, 2.75) is 25.6 Å². The van der Waals surface area contributed by atoms with Crippen molar-refractivity contribution >= 4 is 22.9 Å². The van der Waals surface area contributed by atoms with Crippen molar-refractivity contribution in [2.75, 3.05) is 20.8 Å². The van der Waals surface area contributed by atoms with E-state index in [4.69, 9.17) is 19.2 Å². The predicted molar refractivity (Wildman–Crippen MR) is 125 cm³/mol. The highest BCUT2D eigenvalue weighted by molar-refractivity contribution is 8.13. The van der Waals surface area contributed by atoms with Crippen LogP contribution in [-0.2, 0) is 15.3 Å². The van der Waals surface area contributed by atoms with E-state index < -0.39 is 12.0 Å². The molecule has 1 atom stereocenters.